The highest BCUT2D eigenvalue weighted by Gasteiger charge is 2.01. The van der Waals surface area contributed by atoms with E-state index in [1.54, 1.807) is 26.4 Å². The standard InChI is InChI=1S/C17H16O3/c1-19-16-10-9-15(17(11-16)20-2)8-7-13-3-5-14(12-18)6-4-13/h3-12H,1-2H3/b8-7+. The van der Waals surface area contributed by atoms with Crippen LogP contribution in [-0.2, 0) is 0 Å². The van der Waals surface area contributed by atoms with Crippen molar-refractivity contribution in [2.75, 3.05) is 14.2 Å². The first-order valence-corrected chi connectivity index (χ1v) is 6.22. The minimum absolute atomic E-state index is 0.671. The van der Waals surface area contributed by atoms with Gasteiger partial charge in [-0.2, -0.15) is 0 Å². The van der Waals surface area contributed by atoms with E-state index in [1.165, 1.54) is 0 Å². The van der Waals surface area contributed by atoms with Crippen LogP contribution in [0.25, 0.3) is 12.2 Å². The first kappa shape index (κ1) is 13.9. The second kappa shape index (κ2) is 6.57. The van der Waals surface area contributed by atoms with Crippen molar-refractivity contribution >= 4 is 18.4 Å². The molecule has 0 aliphatic carbocycles. The van der Waals surface area contributed by atoms with Crippen molar-refractivity contribution < 1.29 is 14.3 Å². The van der Waals surface area contributed by atoms with E-state index in [-0.39, 0.29) is 0 Å². The molecule has 2 rings (SSSR count). The van der Waals surface area contributed by atoms with Crippen LogP contribution in [0.1, 0.15) is 21.5 Å². The molecule has 20 heavy (non-hydrogen) atoms. The minimum Gasteiger partial charge on any atom is -0.497 e. The van der Waals surface area contributed by atoms with Crippen LogP contribution in [0, 0.1) is 0 Å². The van der Waals surface area contributed by atoms with Crippen LogP contribution >= 0.6 is 0 Å². The SMILES string of the molecule is COc1ccc(/C=C/c2ccc(C=O)cc2)c(OC)c1. The molecule has 2 aromatic rings. The molecule has 0 radical (unpaired) electrons. The molecule has 0 aliphatic heterocycles. The summed E-state index contributed by atoms with van der Waals surface area (Å²) in [6.45, 7) is 0. The Balaban J connectivity index is 2.23. The van der Waals surface area contributed by atoms with Gasteiger partial charge in [-0.3, -0.25) is 4.79 Å². The molecular formula is C17H16O3. The first-order valence-electron chi connectivity index (χ1n) is 6.22. The molecular weight excluding hydrogens is 252 g/mol. The molecule has 0 N–H and O–H groups in total. The first-order chi connectivity index (χ1) is 9.76. The summed E-state index contributed by atoms with van der Waals surface area (Å²) in [5.74, 6) is 1.51. The third-order valence-electron chi connectivity index (χ3n) is 2.97. The van der Waals surface area contributed by atoms with Crippen LogP contribution in [0.5, 0.6) is 11.5 Å². The van der Waals surface area contributed by atoms with E-state index in [0.29, 0.717) is 5.56 Å². The molecule has 0 amide bonds. The van der Waals surface area contributed by atoms with Crippen molar-refractivity contribution in [3.8, 4) is 11.5 Å². The molecule has 102 valence electrons. The molecule has 0 saturated carbocycles. The second-order valence-electron chi connectivity index (χ2n) is 4.23. The van der Waals surface area contributed by atoms with Gasteiger partial charge in [-0.1, -0.05) is 36.4 Å². The maximum atomic E-state index is 10.6. The molecule has 0 saturated heterocycles. The van der Waals surface area contributed by atoms with E-state index in [1.807, 2.05) is 42.5 Å². The monoisotopic (exact) mass is 268 g/mol. The van der Waals surface area contributed by atoms with Gasteiger partial charge in [0.2, 0.25) is 0 Å². The lowest BCUT2D eigenvalue weighted by Crippen LogP contribution is -1.89. The number of hydrogen-bond donors (Lipinski definition) is 0. The Bertz CT molecular complexity index is 613. The Kier molecular flexibility index (Phi) is 4.56. The van der Waals surface area contributed by atoms with Gasteiger partial charge in [0.1, 0.15) is 17.8 Å². The minimum atomic E-state index is 0.671. The van der Waals surface area contributed by atoms with Crippen LogP contribution in [-0.4, -0.2) is 20.5 Å². The summed E-state index contributed by atoms with van der Waals surface area (Å²) >= 11 is 0. The predicted molar refractivity (Wildman–Crippen MR) is 80.3 cm³/mol. The lowest BCUT2D eigenvalue weighted by Gasteiger charge is -2.07. The van der Waals surface area contributed by atoms with Crippen LogP contribution in [0.4, 0.5) is 0 Å². The zero-order valence-electron chi connectivity index (χ0n) is 11.5. The summed E-state index contributed by atoms with van der Waals surface area (Å²) in [6, 6.07) is 13.0. The molecule has 3 nitrogen and oxygen atoms in total. The van der Waals surface area contributed by atoms with Gasteiger partial charge in [-0.25, -0.2) is 0 Å². The van der Waals surface area contributed by atoms with E-state index >= 15 is 0 Å². The van der Waals surface area contributed by atoms with E-state index in [0.717, 1.165) is 28.9 Å². The molecule has 0 spiro atoms. The Morgan fingerprint density at radius 1 is 0.850 bits per heavy atom. The number of benzene rings is 2. The topological polar surface area (TPSA) is 35.5 Å². The van der Waals surface area contributed by atoms with Gasteiger partial charge in [-0.05, 0) is 17.7 Å². The maximum Gasteiger partial charge on any atom is 0.150 e. The van der Waals surface area contributed by atoms with E-state index < -0.39 is 0 Å². The van der Waals surface area contributed by atoms with Crippen LogP contribution in [0.3, 0.4) is 0 Å². The van der Waals surface area contributed by atoms with E-state index in [4.69, 9.17) is 9.47 Å². The van der Waals surface area contributed by atoms with Crippen molar-refractivity contribution in [1.29, 1.82) is 0 Å². The second-order valence-corrected chi connectivity index (χ2v) is 4.23. The molecule has 0 aromatic heterocycles. The molecule has 2 aromatic carbocycles. The Labute approximate surface area is 118 Å². The normalized spacial score (nSPS) is 10.5. The van der Waals surface area contributed by atoms with Crippen molar-refractivity contribution in [1.82, 2.24) is 0 Å². The van der Waals surface area contributed by atoms with Crippen LogP contribution in [0.15, 0.2) is 42.5 Å². The third kappa shape index (κ3) is 3.26. The lowest BCUT2D eigenvalue weighted by atomic mass is 10.1. The van der Waals surface area contributed by atoms with Crippen molar-refractivity contribution in [3.63, 3.8) is 0 Å². The van der Waals surface area contributed by atoms with E-state index in [9.17, 15) is 4.79 Å². The molecule has 3 heteroatoms. The highest BCUT2D eigenvalue weighted by molar-refractivity contribution is 5.77. The predicted octanol–water partition coefficient (Wildman–Crippen LogP) is 3.69. The molecule has 0 aliphatic rings. The van der Waals surface area contributed by atoms with Gasteiger partial charge in [0.05, 0.1) is 14.2 Å². The molecule has 0 unspecified atom stereocenters. The number of methoxy groups -OCH3 is 2. The number of carbonyl (C=O) groups excluding carboxylic acids is 1. The fourth-order valence-corrected chi connectivity index (χ4v) is 1.83. The van der Waals surface area contributed by atoms with Gasteiger partial charge >= 0.3 is 0 Å². The fraction of sp³-hybridized carbons (Fsp3) is 0.118. The number of hydrogen-bond acceptors (Lipinski definition) is 3. The van der Waals surface area contributed by atoms with Crippen molar-refractivity contribution in [2.45, 2.75) is 0 Å². The fourth-order valence-electron chi connectivity index (χ4n) is 1.83. The third-order valence-corrected chi connectivity index (χ3v) is 2.97. The molecule has 0 fully saturated rings. The Morgan fingerprint density at radius 3 is 2.15 bits per heavy atom. The summed E-state index contributed by atoms with van der Waals surface area (Å²) in [7, 11) is 3.25. The summed E-state index contributed by atoms with van der Waals surface area (Å²) < 4.78 is 10.5. The number of aldehydes is 1. The van der Waals surface area contributed by atoms with E-state index in [2.05, 4.69) is 0 Å². The van der Waals surface area contributed by atoms with Gasteiger partial charge in [0.15, 0.2) is 0 Å². The quantitative estimate of drug-likeness (QED) is 0.613. The molecule has 0 bridgehead atoms. The summed E-state index contributed by atoms with van der Waals surface area (Å²) in [6.07, 6.45) is 4.77. The molecule has 0 atom stereocenters. The number of ether oxygens (including phenoxy) is 2. The average Bonchev–Trinajstić information content (AvgIpc) is 2.53. The van der Waals surface area contributed by atoms with Crippen molar-refractivity contribution in [2.24, 2.45) is 0 Å². The summed E-state index contributed by atoms with van der Waals surface area (Å²) in [5.41, 5.74) is 2.66. The van der Waals surface area contributed by atoms with Gasteiger partial charge in [0, 0.05) is 17.2 Å². The Morgan fingerprint density at radius 2 is 1.55 bits per heavy atom. The van der Waals surface area contributed by atoms with Gasteiger partial charge in [-0.15, -0.1) is 0 Å². The maximum absolute atomic E-state index is 10.6. The smallest absolute Gasteiger partial charge is 0.150 e. The lowest BCUT2D eigenvalue weighted by molar-refractivity contribution is 0.112. The zero-order chi connectivity index (χ0) is 14.4. The molecule has 0 heterocycles. The highest BCUT2D eigenvalue weighted by Crippen LogP contribution is 2.26. The van der Waals surface area contributed by atoms with Gasteiger partial charge < -0.3 is 9.47 Å². The number of rotatable bonds is 5. The summed E-state index contributed by atoms with van der Waals surface area (Å²) in [4.78, 5) is 10.6. The highest BCUT2D eigenvalue weighted by atomic mass is 16.5. The Hall–Kier alpha value is -2.55. The average molecular weight is 268 g/mol. The summed E-state index contributed by atoms with van der Waals surface area (Å²) in [5, 5.41) is 0. The van der Waals surface area contributed by atoms with Crippen LogP contribution < -0.4 is 9.47 Å². The van der Waals surface area contributed by atoms with Crippen LogP contribution in [0.2, 0.25) is 0 Å². The largest absolute Gasteiger partial charge is 0.497 e. The van der Waals surface area contributed by atoms with Crippen molar-refractivity contribution in [3.05, 3.63) is 59.2 Å². The number of carbonyl (C=O) groups is 1. The van der Waals surface area contributed by atoms with Gasteiger partial charge in [0.25, 0.3) is 0 Å². The zero-order valence-corrected chi connectivity index (χ0v) is 11.5.